The van der Waals surface area contributed by atoms with Crippen LogP contribution in [0.3, 0.4) is 0 Å². The van der Waals surface area contributed by atoms with Gasteiger partial charge in [-0.15, -0.1) is 0 Å². The minimum atomic E-state index is -0.900. The SMILES string of the molecule is O=C1N[C@H](C(=O)N[C@H](Cc2ccccc2)C(O)CNC[C@@H](O)CCc2ccccc2)c2ccccc21. The molecule has 4 atom stereocenters. The van der Waals surface area contributed by atoms with Crippen LogP contribution < -0.4 is 16.0 Å². The molecular formula is C29H33N3O4. The van der Waals surface area contributed by atoms with Crippen molar-refractivity contribution in [1.29, 1.82) is 0 Å². The Hall–Kier alpha value is -3.52. The molecule has 7 nitrogen and oxygen atoms in total. The fourth-order valence-corrected chi connectivity index (χ4v) is 4.49. The maximum atomic E-state index is 13.2. The summed E-state index contributed by atoms with van der Waals surface area (Å²) in [5.74, 6) is -0.645. The summed E-state index contributed by atoms with van der Waals surface area (Å²) >= 11 is 0. The molecule has 3 aromatic rings. The number of benzene rings is 3. The molecule has 4 rings (SSSR count). The van der Waals surface area contributed by atoms with Gasteiger partial charge in [0.15, 0.2) is 0 Å². The third-order valence-electron chi connectivity index (χ3n) is 6.49. The number of hydrogen-bond donors (Lipinski definition) is 5. The van der Waals surface area contributed by atoms with Gasteiger partial charge >= 0.3 is 0 Å². The van der Waals surface area contributed by atoms with Gasteiger partial charge in [0, 0.05) is 18.7 Å². The van der Waals surface area contributed by atoms with E-state index in [1.54, 1.807) is 24.3 Å². The van der Waals surface area contributed by atoms with Gasteiger partial charge in [-0.3, -0.25) is 9.59 Å². The Balaban J connectivity index is 1.34. The van der Waals surface area contributed by atoms with Gasteiger partial charge in [-0.05, 0) is 42.0 Å². The summed E-state index contributed by atoms with van der Waals surface area (Å²) in [5, 5.41) is 30.1. The lowest BCUT2D eigenvalue weighted by Gasteiger charge is -2.26. The second-order valence-corrected chi connectivity index (χ2v) is 9.20. The Kier molecular flexibility index (Phi) is 8.84. The van der Waals surface area contributed by atoms with E-state index in [1.807, 2.05) is 60.7 Å². The summed E-state index contributed by atoms with van der Waals surface area (Å²) in [5.41, 5.74) is 3.26. The first-order chi connectivity index (χ1) is 17.5. The molecule has 1 heterocycles. The van der Waals surface area contributed by atoms with Gasteiger partial charge in [0.1, 0.15) is 6.04 Å². The molecule has 0 fully saturated rings. The van der Waals surface area contributed by atoms with Crippen molar-refractivity contribution in [2.75, 3.05) is 13.1 Å². The zero-order chi connectivity index (χ0) is 25.3. The van der Waals surface area contributed by atoms with Crippen LogP contribution >= 0.6 is 0 Å². The van der Waals surface area contributed by atoms with Crippen LogP contribution in [0.25, 0.3) is 0 Å². The topological polar surface area (TPSA) is 111 Å². The van der Waals surface area contributed by atoms with E-state index in [0.717, 1.165) is 12.0 Å². The van der Waals surface area contributed by atoms with Crippen molar-refractivity contribution < 1.29 is 19.8 Å². The minimum Gasteiger partial charge on any atom is -0.392 e. The molecule has 0 radical (unpaired) electrons. The minimum absolute atomic E-state index is 0.202. The van der Waals surface area contributed by atoms with Crippen LogP contribution in [0.4, 0.5) is 0 Å². The third kappa shape index (κ3) is 6.79. The van der Waals surface area contributed by atoms with Gasteiger partial charge in [0.2, 0.25) is 5.91 Å². The van der Waals surface area contributed by atoms with Gasteiger partial charge in [0.25, 0.3) is 5.91 Å². The van der Waals surface area contributed by atoms with E-state index in [9.17, 15) is 19.8 Å². The predicted octanol–water partition coefficient (Wildman–Crippen LogP) is 2.14. The number of carbonyl (C=O) groups is 2. The number of aryl methyl sites for hydroxylation is 1. The largest absolute Gasteiger partial charge is 0.392 e. The van der Waals surface area contributed by atoms with E-state index < -0.39 is 24.3 Å². The van der Waals surface area contributed by atoms with Crippen LogP contribution in [0.1, 0.15) is 39.5 Å². The van der Waals surface area contributed by atoms with E-state index in [4.69, 9.17) is 0 Å². The lowest BCUT2D eigenvalue weighted by molar-refractivity contribution is -0.124. The molecule has 7 heteroatoms. The summed E-state index contributed by atoms with van der Waals surface area (Å²) in [6, 6.07) is 25.2. The number of carbonyl (C=O) groups excluding carboxylic acids is 2. The molecule has 3 aromatic carbocycles. The summed E-state index contributed by atoms with van der Waals surface area (Å²) in [4.78, 5) is 25.4. The normalized spacial score (nSPS) is 17.1. The highest BCUT2D eigenvalue weighted by molar-refractivity contribution is 6.04. The quantitative estimate of drug-likeness (QED) is 0.269. The van der Waals surface area contributed by atoms with Crippen LogP contribution in [0, 0.1) is 0 Å². The number of aliphatic hydroxyl groups excluding tert-OH is 2. The summed E-state index contributed by atoms with van der Waals surface area (Å²) < 4.78 is 0. The molecule has 0 saturated carbocycles. The van der Waals surface area contributed by atoms with Crippen LogP contribution in [0.15, 0.2) is 84.9 Å². The van der Waals surface area contributed by atoms with Crippen molar-refractivity contribution >= 4 is 11.8 Å². The van der Waals surface area contributed by atoms with Gasteiger partial charge in [0.05, 0.1) is 18.2 Å². The van der Waals surface area contributed by atoms with Gasteiger partial charge in [-0.1, -0.05) is 78.9 Å². The Labute approximate surface area is 211 Å². The van der Waals surface area contributed by atoms with Gasteiger partial charge in [-0.2, -0.15) is 0 Å². The Morgan fingerprint density at radius 1 is 0.861 bits per heavy atom. The average Bonchev–Trinajstić information content (AvgIpc) is 3.25. The molecule has 0 aromatic heterocycles. The average molecular weight is 488 g/mol. The highest BCUT2D eigenvalue weighted by Crippen LogP contribution is 2.25. The van der Waals surface area contributed by atoms with Crippen molar-refractivity contribution in [3.8, 4) is 0 Å². The number of fused-ring (bicyclic) bond motifs is 1. The van der Waals surface area contributed by atoms with Crippen molar-refractivity contribution in [2.24, 2.45) is 0 Å². The second kappa shape index (κ2) is 12.4. The molecule has 5 N–H and O–H groups in total. The number of amides is 2. The van der Waals surface area contributed by atoms with E-state index in [1.165, 1.54) is 5.56 Å². The Morgan fingerprint density at radius 2 is 1.50 bits per heavy atom. The van der Waals surface area contributed by atoms with Crippen molar-refractivity contribution in [3.63, 3.8) is 0 Å². The molecule has 1 unspecified atom stereocenters. The molecule has 2 amide bonds. The molecule has 188 valence electrons. The van der Waals surface area contributed by atoms with Crippen molar-refractivity contribution in [1.82, 2.24) is 16.0 Å². The number of hydrogen-bond acceptors (Lipinski definition) is 5. The molecule has 0 saturated heterocycles. The number of aliphatic hydroxyl groups is 2. The fraction of sp³-hybridized carbons (Fsp3) is 0.310. The third-order valence-corrected chi connectivity index (χ3v) is 6.49. The molecular weight excluding hydrogens is 454 g/mol. The van der Waals surface area contributed by atoms with E-state index >= 15 is 0 Å². The molecule has 0 aliphatic carbocycles. The van der Waals surface area contributed by atoms with E-state index in [0.29, 0.717) is 30.5 Å². The Morgan fingerprint density at radius 3 is 2.22 bits per heavy atom. The highest BCUT2D eigenvalue weighted by Gasteiger charge is 2.35. The number of nitrogens with one attached hydrogen (secondary N) is 3. The van der Waals surface area contributed by atoms with Crippen LogP contribution in [0.2, 0.25) is 0 Å². The molecule has 1 aliphatic rings. The zero-order valence-corrected chi connectivity index (χ0v) is 20.1. The van der Waals surface area contributed by atoms with Gasteiger partial charge in [-0.25, -0.2) is 0 Å². The predicted molar refractivity (Wildman–Crippen MR) is 138 cm³/mol. The molecule has 0 spiro atoms. The maximum Gasteiger partial charge on any atom is 0.252 e. The van der Waals surface area contributed by atoms with E-state index in [-0.39, 0.29) is 18.4 Å². The Bertz CT molecular complexity index is 1140. The van der Waals surface area contributed by atoms with Crippen LogP contribution in [-0.2, 0) is 17.6 Å². The summed E-state index contributed by atoms with van der Waals surface area (Å²) in [6.07, 6.45) is 0.354. The molecule has 1 aliphatic heterocycles. The highest BCUT2D eigenvalue weighted by atomic mass is 16.3. The maximum absolute atomic E-state index is 13.2. The molecule has 0 bridgehead atoms. The first kappa shape index (κ1) is 25.6. The van der Waals surface area contributed by atoms with Crippen molar-refractivity contribution in [3.05, 3.63) is 107 Å². The lowest BCUT2D eigenvalue weighted by atomic mass is 9.99. The second-order valence-electron chi connectivity index (χ2n) is 9.20. The summed E-state index contributed by atoms with van der Waals surface area (Å²) in [7, 11) is 0. The number of rotatable bonds is 12. The zero-order valence-electron chi connectivity index (χ0n) is 20.1. The summed E-state index contributed by atoms with van der Waals surface area (Å²) in [6.45, 7) is 0.537. The standard InChI is InChI=1S/C29H33N3O4/c33-22(16-15-20-9-3-1-4-10-20)18-30-19-26(34)25(17-21-11-5-2-6-12-21)31-29(36)27-23-13-7-8-14-24(23)28(35)32-27/h1-14,22,25-27,30,33-34H,15-19H2,(H,31,36)(H,32,35)/t22-,25+,26?,27-/m0/s1. The fourth-order valence-electron chi connectivity index (χ4n) is 4.49. The monoisotopic (exact) mass is 487 g/mol. The van der Waals surface area contributed by atoms with Gasteiger partial charge < -0.3 is 26.2 Å². The molecule has 36 heavy (non-hydrogen) atoms. The van der Waals surface area contributed by atoms with Crippen LogP contribution in [-0.4, -0.2) is 53.4 Å². The smallest absolute Gasteiger partial charge is 0.252 e. The lowest BCUT2D eigenvalue weighted by Crippen LogP contribution is -2.51. The first-order valence-electron chi connectivity index (χ1n) is 12.4. The first-order valence-corrected chi connectivity index (χ1v) is 12.4. The van der Waals surface area contributed by atoms with Crippen LogP contribution in [0.5, 0.6) is 0 Å². The van der Waals surface area contributed by atoms with E-state index in [2.05, 4.69) is 16.0 Å². The van der Waals surface area contributed by atoms with Crippen molar-refractivity contribution in [2.45, 2.75) is 43.6 Å².